The number of benzene rings is 2. The number of aromatic nitrogens is 3. The van der Waals surface area contributed by atoms with Crippen molar-refractivity contribution in [1.82, 2.24) is 15.0 Å². The van der Waals surface area contributed by atoms with Crippen molar-refractivity contribution in [1.29, 1.82) is 0 Å². The number of ether oxygens (including phenoxy) is 1. The summed E-state index contributed by atoms with van der Waals surface area (Å²) < 4.78 is 7.03. The molecule has 3 aromatic rings. The van der Waals surface area contributed by atoms with Crippen LogP contribution in [0.1, 0.15) is 58.9 Å². The first-order valence-corrected chi connectivity index (χ1v) is 10.1. The van der Waals surface area contributed by atoms with Crippen molar-refractivity contribution in [3.05, 3.63) is 58.1 Å². The molecule has 0 bridgehead atoms. The van der Waals surface area contributed by atoms with E-state index < -0.39 is 0 Å². The molecule has 0 amide bonds. The zero-order valence-corrected chi connectivity index (χ0v) is 17.2. The van der Waals surface area contributed by atoms with Crippen molar-refractivity contribution in [3.63, 3.8) is 0 Å². The minimum Gasteiger partial charge on any atom is -0.466 e. The number of aryl methyl sites for hydroxylation is 3. The van der Waals surface area contributed by atoms with Crippen molar-refractivity contribution in [3.8, 4) is 0 Å². The first-order chi connectivity index (χ1) is 13.5. The Labute approximate surface area is 169 Å². The molecule has 28 heavy (non-hydrogen) atoms. The van der Waals surface area contributed by atoms with Crippen LogP contribution in [0.15, 0.2) is 30.3 Å². The van der Waals surface area contributed by atoms with Crippen LogP contribution in [0, 0.1) is 6.92 Å². The Bertz CT molecular complexity index is 1040. The third-order valence-corrected chi connectivity index (χ3v) is 6.16. The predicted molar refractivity (Wildman–Crippen MR) is 110 cm³/mol. The lowest BCUT2D eigenvalue weighted by molar-refractivity contribution is -0.143. The number of carbonyl (C=O) groups excluding carboxylic acids is 1. The molecule has 2 aromatic carbocycles. The van der Waals surface area contributed by atoms with E-state index in [-0.39, 0.29) is 23.7 Å². The van der Waals surface area contributed by atoms with Crippen LogP contribution >= 0.6 is 11.6 Å². The summed E-state index contributed by atoms with van der Waals surface area (Å²) in [5.74, 6) is -0.311. The molecule has 0 saturated heterocycles. The Kier molecular flexibility index (Phi) is 5.11. The monoisotopic (exact) mass is 397 g/mol. The van der Waals surface area contributed by atoms with Gasteiger partial charge in [0.2, 0.25) is 0 Å². The van der Waals surface area contributed by atoms with E-state index in [1.54, 1.807) is 4.68 Å². The minimum absolute atomic E-state index is 0.0433. The maximum absolute atomic E-state index is 12.4. The van der Waals surface area contributed by atoms with Crippen molar-refractivity contribution in [2.75, 3.05) is 6.61 Å². The predicted octanol–water partition coefficient (Wildman–Crippen LogP) is 4.59. The first-order valence-electron chi connectivity index (χ1n) is 9.71. The van der Waals surface area contributed by atoms with Gasteiger partial charge < -0.3 is 4.74 Å². The first kappa shape index (κ1) is 18.9. The van der Waals surface area contributed by atoms with Crippen LogP contribution in [0.25, 0.3) is 11.0 Å². The fraction of sp³-hybridized carbons (Fsp3) is 0.409. The molecule has 5 nitrogen and oxygen atoms in total. The van der Waals surface area contributed by atoms with Gasteiger partial charge in [-0.3, -0.25) is 4.79 Å². The van der Waals surface area contributed by atoms with E-state index in [1.165, 1.54) is 11.1 Å². The zero-order valence-electron chi connectivity index (χ0n) is 16.4. The molecule has 4 rings (SSSR count). The van der Waals surface area contributed by atoms with E-state index in [4.69, 9.17) is 16.3 Å². The van der Waals surface area contributed by atoms with Crippen LogP contribution in [0.5, 0.6) is 0 Å². The molecule has 1 aliphatic carbocycles. The highest BCUT2D eigenvalue weighted by atomic mass is 35.5. The number of hydrogen-bond donors (Lipinski definition) is 0. The van der Waals surface area contributed by atoms with Gasteiger partial charge in [0.15, 0.2) is 0 Å². The van der Waals surface area contributed by atoms with Gasteiger partial charge in [-0.2, -0.15) is 0 Å². The molecule has 2 unspecified atom stereocenters. The number of halogens is 1. The van der Waals surface area contributed by atoms with Crippen LogP contribution in [-0.2, 0) is 23.0 Å². The van der Waals surface area contributed by atoms with Gasteiger partial charge in [0.05, 0.1) is 23.9 Å². The van der Waals surface area contributed by atoms with Crippen LogP contribution in [-0.4, -0.2) is 27.6 Å². The summed E-state index contributed by atoms with van der Waals surface area (Å²) in [6.45, 7) is 4.25. The number of carbonyl (C=O) groups is 1. The third-order valence-electron chi connectivity index (χ3n) is 5.71. The lowest BCUT2D eigenvalue weighted by Crippen LogP contribution is -2.13. The van der Waals surface area contributed by atoms with E-state index in [0.717, 1.165) is 40.6 Å². The van der Waals surface area contributed by atoms with Crippen molar-refractivity contribution in [2.45, 2.75) is 44.4 Å². The lowest BCUT2D eigenvalue weighted by Gasteiger charge is -2.21. The van der Waals surface area contributed by atoms with Crippen LogP contribution in [0.3, 0.4) is 0 Å². The number of rotatable bonds is 5. The second-order valence-corrected chi connectivity index (χ2v) is 7.91. The lowest BCUT2D eigenvalue weighted by atomic mass is 9.84. The van der Waals surface area contributed by atoms with Gasteiger partial charge >= 0.3 is 5.97 Å². The number of fused-ring (bicyclic) bond motifs is 2. The molecule has 146 valence electrons. The average molecular weight is 398 g/mol. The maximum Gasteiger partial charge on any atom is 0.306 e. The molecular formula is C22H24ClN3O2. The molecule has 2 atom stereocenters. The molecular weight excluding hydrogens is 374 g/mol. The van der Waals surface area contributed by atoms with E-state index in [1.807, 2.05) is 27.0 Å². The largest absolute Gasteiger partial charge is 0.466 e. The molecule has 0 radical (unpaired) electrons. The smallest absolute Gasteiger partial charge is 0.306 e. The Balaban J connectivity index is 1.81. The SMILES string of the molecule is CCOC(=O)CC(c1ccc2c(c1)C(Cl)CC2)c1ccc2c(nnn2C)c1C. The zero-order chi connectivity index (χ0) is 19.8. The minimum atomic E-state index is -0.200. The normalized spacial score (nSPS) is 16.9. The number of hydrogen-bond acceptors (Lipinski definition) is 4. The van der Waals surface area contributed by atoms with E-state index in [2.05, 4.69) is 34.6 Å². The molecule has 0 N–H and O–H groups in total. The average Bonchev–Trinajstić information content (AvgIpc) is 3.24. The number of esters is 1. The second-order valence-electron chi connectivity index (χ2n) is 7.39. The Morgan fingerprint density at radius 2 is 2.18 bits per heavy atom. The molecule has 0 spiro atoms. The van der Waals surface area contributed by atoms with Crippen molar-refractivity contribution in [2.24, 2.45) is 7.05 Å². The fourth-order valence-electron chi connectivity index (χ4n) is 4.21. The molecule has 0 saturated carbocycles. The standard InChI is InChI=1S/C22H24ClN3O2/c1-4-28-21(27)12-17(15-6-5-14-7-9-19(23)18(14)11-15)16-8-10-20-22(13(16)2)24-25-26(20)3/h5-6,8,10-11,17,19H,4,7,9,12H2,1-3H3. The molecule has 1 aromatic heterocycles. The molecule has 1 heterocycles. The van der Waals surface area contributed by atoms with Crippen LogP contribution < -0.4 is 0 Å². The van der Waals surface area contributed by atoms with Crippen molar-refractivity contribution >= 4 is 28.6 Å². The summed E-state index contributed by atoms with van der Waals surface area (Å²) in [6.07, 6.45) is 2.26. The molecule has 1 aliphatic rings. The maximum atomic E-state index is 12.4. The van der Waals surface area contributed by atoms with Gasteiger partial charge in [-0.25, -0.2) is 4.68 Å². The van der Waals surface area contributed by atoms with E-state index >= 15 is 0 Å². The molecule has 0 fully saturated rings. The topological polar surface area (TPSA) is 57.0 Å². The number of nitrogens with zero attached hydrogens (tertiary/aromatic N) is 3. The van der Waals surface area contributed by atoms with Gasteiger partial charge in [0.1, 0.15) is 5.52 Å². The van der Waals surface area contributed by atoms with Crippen LogP contribution in [0.4, 0.5) is 0 Å². The van der Waals surface area contributed by atoms with Crippen molar-refractivity contribution < 1.29 is 9.53 Å². The van der Waals surface area contributed by atoms with E-state index in [0.29, 0.717) is 6.61 Å². The van der Waals surface area contributed by atoms with Gasteiger partial charge in [-0.1, -0.05) is 29.5 Å². The Morgan fingerprint density at radius 3 is 2.96 bits per heavy atom. The number of alkyl halides is 1. The van der Waals surface area contributed by atoms with Gasteiger partial charge in [-0.15, -0.1) is 16.7 Å². The fourth-order valence-corrected chi connectivity index (χ4v) is 4.52. The summed E-state index contributed by atoms with van der Waals surface area (Å²) in [7, 11) is 1.88. The van der Waals surface area contributed by atoms with Gasteiger partial charge in [0.25, 0.3) is 0 Å². The van der Waals surface area contributed by atoms with Crippen LogP contribution in [0.2, 0.25) is 0 Å². The highest BCUT2D eigenvalue weighted by Crippen LogP contribution is 2.40. The summed E-state index contributed by atoms with van der Waals surface area (Å²) >= 11 is 6.52. The highest BCUT2D eigenvalue weighted by molar-refractivity contribution is 6.21. The second kappa shape index (κ2) is 7.55. The highest BCUT2D eigenvalue weighted by Gasteiger charge is 2.26. The Hall–Kier alpha value is -2.40. The van der Waals surface area contributed by atoms with Gasteiger partial charge in [0, 0.05) is 13.0 Å². The quantitative estimate of drug-likeness (QED) is 0.466. The molecule has 0 aliphatic heterocycles. The summed E-state index contributed by atoms with van der Waals surface area (Å²) in [4.78, 5) is 12.4. The molecule has 6 heteroatoms. The van der Waals surface area contributed by atoms with Gasteiger partial charge in [-0.05, 0) is 60.6 Å². The third kappa shape index (κ3) is 3.28. The van der Waals surface area contributed by atoms with E-state index in [9.17, 15) is 4.79 Å². The Morgan fingerprint density at radius 1 is 1.36 bits per heavy atom. The summed E-state index contributed by atoms with van der Waals surface area (Å²) in [5.41, 5.74) is 7.54. The summed E-state index contributed by atoms with van der Waals surface area (Å²) in [6, 6.07) is 10.5. The summed E-state index contributed by atoms with van der Waals surface area (Å²) in [5, 5.41) is 8.49.